The van der Waals surface area contributed by atoms with E-state index in [0.717, 1.165) is 65.2 Å². The molecule has 10 nitrogen and oxygen atoms in total. The number of rotatable bonds is 7. The van der Waals surface area contributed by atoms with E-state index in [-0.39, 0.29) is 18.7 Å². The number of carbonyl (C=O) groups is 3. The lowest BCUT2D eigenvalue weighted by Crippen LogP contribution is -2.50. The van der Waals surface area contributed by atoms with E-state index < -0.39 is 23.4 Å². The summed E-state index contributed by atoms with van der Waals surface area (Å²) >= 11 is 0. The van der Waals surface area contributed by atoms with E-state index in [1.54, 1.807) is 0 Å². The van der Waals surface area contributed by atoms with Gasteiger partial charge in [0.15, 0.2) is 0 Å². The van der Waals surface area contributed by atoms with Crippen molar-refractivity contribution < 1.29 is 24.3 Å². The van der Waals surface area contributed by atoms with Crippen molar-refractivity contribution in [3.05, 3.63) is 0 Å². The van der Waals surface area contributed by atoms with Gasteiger partial charge >= 0.3 is 11.9 Å². The van der Waals surface area contributed by atoms with Crippen LogP contribution in [0.3, 0.4) is 0 Å². The van der Waals surface area contributed by atoms with Crippen LogP contribution in [0.4, 0.5) is 0 Å². The number of aliphatic carboxylic acids is 1. The van der Waals surface area contributed by atoms with Crippen molar-refractivity contribution in [2.45, 2.75) is 52.5 Å². The molecular weight excluding hydrogens is 426 g/mol. The second kappa shape index (κ2) is 13.3. The predicted octanol–water partition coefficient (Wildman–Crippen LogP) is 0.267. The average molecular weight is 470 g/mol. The van der Waals surface area contributed by atoms with Gasteiger partial charge in [0, 0.05) is 64.2 Å². The van der Waals surface area contributed by atoms with Crippen LogP contribution in [0, 0.1) is 5.41 Å². The fourth-order valence-electron chi connectivity index (χ4n) is 4.54. The quantitative estimate of drug-likeness (QED) is 0.503. The van der Waals surface area contributed by atoms with E-state index in [0.29, 0.717) is 19.5 Å². The van der Waals surface area contributed by atoms with Crippen molar-refractivity contribution in [1.29, 1.82) is 0 Å². The Kier molecular flexibility index (Phi) is 11.2. The fraction of sp³-hybridized carbons (Fsp3) is 0.870. The number of nitrogens with two attached hydrogens (primary N) is 1. The molecule has 0 aromatic rings. The summed E-state index contributed by atoms with van der Waals surface area (Å²) < 4.78 is 0. The zero-order valence-electron chi connectivity index (χ0n) is 20.6. The molecule has 0 aromatic heterocycles. The predicted molar refractivity (Wildman–Crippen MR) is 126 cm³/mol. The number of carbonyl (C=O) groups excluding carboxylic acids is 2. The molecule has 2 aliphatic heterocycles. The molecule has 2 heterocycles. The van der Waals surface area contributed by atoms with E-state index in [4.69, 9.17) is 5.90 Å². The third kappa shape index (κ3) is 9.66. The Morgan fingerprint density at radius 3 is 2.03 bits per heavy atom. The highest BCUT2D eigenvalue weighted by Gasteiger charge is 2.30. The van der Waals surface area contributed by atoms with E-state index in [9.17, 15) is 19.5 Å². The Bertz CT molecular complexity index is 654. The van der Waals surface area contributed by atoms with Gasteiger partial charge in [0.25, 0.3) is 0 Å². The number of carboxylic acid groups (broad SMARTS) is 1. The second-order valence-electron chi connectivity index (χ2n) is 10.3. The number of carboxylic acids is 1. The Hall–Kier alpha value is -1.59. The first-order chi connectivity index (χ1) is 15.6. The number of hydrogen-bond acceptors (Lipinski definition) is 9. The monoisotopic (exact) mass is 469 g/mol. The standard InChI is InChI=1S/C23H43N5O5/c1-23(2,3)20(29)7-6-19(22(31)32)28-11-5-9-25-12-13-26(16-17-28)8-4-10-27(15-14-25)18-21(30)33-24/h19H,4-18,24H2,1-3H3,(H,31,32). The summed E-state index contributed by atoms with van der Waals surface area (Å²) in [6, 6.07) is -0.642. The summed E-state index contributed by atoms with van der Waals surface area (Å²) in [5.74, 6) is 3.86. The molecule has 190 valence electrons. The summed E-state index contributed by atoms with van der Waals surface area (Å²) in [5, 5.41) is 9.94. The van der Waals surface area contributed by atoms with Crippen molar-refractivity contribution >= 4 is 17.7 Å². The number of nitrogens with zero attached hydrogens (tertiary/aromatic N) is 4. The van der Waals surface area contributed by atoms with Crippen molar-refractivity contribution in [1.82, 2.24) is 19.6 Å². The summed E-state index contributed by atoms with van der Waals surface area (Å²) in [7, 11) is 0. The van der Waals surface area contributed by atoms with Crippen LogP contribution in [0.25, 0.3) is 0 Å². The van der Waals surface area contributed by atoms with Crippen LogP contribution < -0.4 is 5.90 Å². The van der Waals surface area contributed by atoms with E-state index in [2.05, 4.69) is 24.4 Å². The summed E-state index contributed by atoms with van der Waals surface area (Å²) in [4.78, 5) is 49.4. The van der Waals surface area contributed by atoms with Crippen molar-refractivity contribution in [3.8, 4) is 0 Å². The van der Waals surface area contributed by atoms with Gasteiger partial charge in [0.1, 0.15) is 11.8 Å². The maximum absolute atomic E-state index is 12.4. The smallest absolute Gasteiger partial charge is 0.338 e. The molecule has 10 heteroatoms. The minimum absolute atomic E-state index is 0.104. The second-order valence-corrected chi connectivity index (χ2v) is 10.3. The molecular formula is C23H43N5O5. The Morgan fingerprint density at radius 2 is 1.45 bits per heavy atom. The van der Waals surface area contributed by atoms with E-state index in [1.807, 2.05) is 20.8 Å². The topological polar surface area (TPSA) is 120 Å². The minimum atomic E-state index is -0.847. The molecule has 0 saturated carbocycles. The van der Waals surface area contributed by atoms with Crippen LogP contribution in [-0.4, -0.2) is 120 Å². The van der Waals surface area contributed by atoms with Crippen LogP contribution in [0.1, 0.15) is 46.5 Å². The summed E-state index contributed by atoms with van der Waals surface area (Å²) in [6.45, 7) is 14.0. The van der Waals surface area contributed by atoms with E-state index >= 15 is 0 Å². The van der Waals surface area contributed by atoms with Crippen LogP contribution in [0.5, 0.6) is 0 Å². The van der Waals surface area contributed by atoms with Crippen LogP contribution in [0.15, 0.2) is 0 Å². The third-order valence-corrected chi connectivity index (χ3v) is 6.73. The zero-order valence-corrected chi connectivity index (χ0v) is 20.6. The molecule has 3 atom stereocenters. The van der Waals surface area contributed by atoms with E-state index in [1.165, 1.54) is 0 Å². The first-order valence-corrected chi connectivity index (χ1v) is 12.2. The summed E-state index contributed by atoms with van der Waals surface area (Å²) in [5.41, 5.74) is -0.450. The molecule has 2 saturated heterocycles. The molecule has 2 aliphatic rings. The molecule has 0 radical (unpaired) electrons. The lowest BCUT2D eigenvalue weighted by molar-refractivity contribution is -0.146. The summed E-state index contributed by atoms with van der Waals surface area (Å²) in [6.07, 6.45) is 2.41. The van der Waals surface area contributed by atoms with Gasteiger partial charge in [-0.05, 0) is 32.4 Å². The Labute approximate surface area is 197 Å². The number of fused-ring (bicyclic) bond motifs is 3. The third-order valence-electron chi connectivity index (χ3n) is 6.73. The Balaban J connectivity index is 2.03. The van der Waals surface area contributed by atoms with Gasteiger partial charge in [-0.1, -0.05) is 20.8 Å². The zero-order chi connectivity index (χ0) is 24.4. The Morgan fingerprint density at radius 1 is 0.879 bits per heavy atom. The molecule has 0 aromatic carbocycles. The largest absolute Gasteiger partial charge is 0.480 e. The van der Waals surface area contributed by atoms with Crippen molar-refractivity contribution in [3.63, 3.8) is 0 Å². The molecule has 2 bridgehead atoms. The van der Waals surface area contributed by atoms with Crippen LogP contribution in [-0.2, 0) is 19.2 Å². The molecule has 3 unspecified atom stereocenters. The number of ketones is 1. The fourth-order valence-corrected chi connectivity index (χ4v) is 4.54. The molecule has 33 heavy (non-hydrogen) atoms. The van der Waals surface area contributed by atoms with Crippen LogP contribution >= 0.6 is 0 Å². The van der Waals surface area contributed by atoms with Crippen LogP contribution in [0.2, 0.25) is 0 Å². The molecule has 0 amide bonds. The highest BCUT2D eigenvalue weighted by Crippen LogP contribution is 2.20. The number of hydrogen-bond donors (Lipinski definition) is 2. The SMILES string of the molecule is CC(C)(C)C(=O)CCC(C(=O)O)N1CCCN2CCN(CCCN(CC(=O)ON)CC2)CC1. The minimum Gasteiger partial charge on any atom is -0.480 e. The molecule has 3 N–H and O–H groups in total. The van der Waals surface area contributed by atoms with Gasteiger partial charge in [-0.15, -0.1) is 0 Å². The van der Waals surface area contributed by atoms with Gasteiger partial charge in [-0.25, -0.2) is 4.79 Å². The first-order valence-electron chi connectivity index (χ1n) is 12.2. The highest BCUT2D eigenvalue weighted by atomic mass is 16.7. The van der Waals surface area contributed by atoms with Gasteiger partial charge in [0.05, 0.1) is 6.54 Å². The first kappa shape index (κ1) is 27.7. The maximum atomic E-state index is 12.4. The van der Waals surface area contributed by atoms with Gasteiger partial charge in [-0.2, -0.15) is 5.90 Å². The maximum Gasteiger partial charge on any atom is 0.338 e. The van der Waals surface area contributed by atoms with Crippen molar-refractivity contribution in [2.75, 3.05) is 72.0 Å². The van der Waals surface area contributed by atoms with Gasteiger partial charge in [-0.3, -0.25) is 19.4 Å². The average Bonchev–Trinajstić information content (AvgIpc) is 2.76. The normalized spacial score (nSPS) is 25.2. The molecule has 0 aliphatic carbocycles. The lowest BCUT2D eigenvalue weighted by Gasteiger charge is -2.37. The molecule has 2 rings (SSSR count). The van der Waals surface area contributed by atoms with Crippen molar-refractivity contribution in [2.24, 2.45) is 11.3 Å². The number of Topliss-reactive ketones (excluding diaryl/α,β-unsaturated/α-hetero) is 1. The highest BCUT2D eigenvalue weighted by molar-refractivity contribution is 5.84. The van der Waals surface area contributed by atoms with Gasteiger partial charge in [0.2, 0.25) is 0 Å². The lowest BCUT2D eigenvalue weighted by atomic mass is 9.87. The molecule has 0 spiro atoms. The molecule has 2 fully saturated rings. The van der Waals surface area contributed by atoms with Gasteiger partial charge < -0.3 is 19.7 Å².